The van der Waals surface area contributed by atoms with Crippen molar-refractivity contribution in [2.45, 2.75) is 239 Å². The number of allylic oxidation sites excluding steroid dienone is 6. The average Bonchev–Trinajstić information content (AvgIpc) is 3.17. The number of ether oxygens (including phenoxy) is 3. The van der Waals surface area contributed by atoms with Crippen LogP contribution in [0.1, 0.15) is 233 Å². The van der Waals surface area contributed by atoms with Crippen LogP contribution in [0.5, 0.6) is 0 Å². The molecule has 0 saturated carbocycles. The molecule has 0 aliphatic rings. The van der Waals surface area contributed by atoms with Gasteiger partial charge in [0, 0.05) is 19.3 Å². The summed E-state index contributed by atoms with van der Waals surface area (Å²) in [6.45, 7) is 6.48. The summed E-state index contributed by atoms with van der Waals surface area (Å²) in [4.78, 5) is 37.7. The maximum absolute atomic E-state index is 12.7. The highest BCUT2D eigenvalue weighted by molar-refractivity contribution is 5.71. The highest BCUT2D eigenvalue weighted by atomic mass is 16.6. The SMILES string of the molecule is CC/C=C\C/C=C\CCCCCCCCCC(=O)OCC(COC(=O)CCCCCCCCCCCC)OC(=O)CCCCCCC/C=C\CCCCC. The molecule has 0 radical (unpaired) electrons. The minimum absolute atomic E-state index is 0.0761. The van der Waals surface area contributed by atoms with Crippen LogP contribution in [0.15, 0.2) is 36.5 Å². The number of hydrogen-bond acceptors (Lipinski definition) is 6. The van der Waals surface area contributed by atoms with Gasteiger partial charge in [0.05, 0.1) is 0 Å². The number of hydrogen-bond donors (Lipinski definition) is 0. The monoisotopic (exact) mass is 759 g/mol. The van der Waals surface area contributed by atoms with Crippen molar-refractivity contribution in [1.29, 1.82) is 0 Å². The summed E-state index contributed by atoms with van der Waals surface area (Å²) in [5, 5.41) is 0. The van der Waals surface area contributed by atoms with Crippen LogP contribution in [0.3, 0.4) is 0 Å². The van der Waals surface area contributed by atoms with Crippen molar-refractivity contribution in [3.63, 3.8) is 0 Å². The second-order valence-electron chi connectivity index (χ2n) is 15.3. The molecule has 314 valence electrons. The minimum Gasteiger partial charge on any atom is -0.462 e. The molecule has 1 unspecified atom stereocenters. The highest BCUT2D eigenvalue weighted by Gasteiger charge is 2.19. The molecule has 0 rings (SSSR count). The van der Waals surface area contributed by atoms with Gasteiger partial charge in [0.25, 0.3) is 0 Å². The van der Waals surface area contributed by atoms with E-state index in [2.05, 4.69) is 57.2 Å². The molecule has 0 N–H and O–H groups in total. The zero-order valence-electron chi connectivity index (χ0n) is 35.7. The molecule has 0 heterocycles. The largest absolute Gasteiger partial charge is 0.462 e. The smallest absolute Gasteiger partial charge is 0.306 e. The van der Waals surface area contributed by atoms with Crippen molar-refractivity contribution in [3.8, 4) is 0 Å². The summed E-state index contributed by atoms with van der Waals surface area (Å²) in [5.41, 5.74) is 0. The van der Waals surface area contributed by atoms with E-state index in [1.807, 2.05) is 0 Å². The Balaban J connectivity index is 4.37. The van der Waals surface area contributed by atoms with Gasteiger partial charge in [-0.25, -0.2) is 0 Å². The molecule has 0 bridgehead atoms. The lowest BCUT2D eigenvalue weighted by Gasteiger charge is -2.18. The van der Waals surface area contributed by atoms with Gasteiger partial charge in [0.15, 0.2) is 6.10 Å². The van der Waals surface area contributed by atoms with Crippen LogP contribution in [0.2, 0.25) is 0 Å². The van der Waals surface area contributed by atoms with E-state index in [1.165, 1.54) is 103 Å². The van der Waals surface area contributed by atoms with Crippen molar-refractivity contribution >= 4 is 17.9 Å². The summed E-state index contributed by atoms with van der Waals surface area (Å²) in [5.74, 6) is -0.893. The van der Waals surface area contributed by atoms with Crippen LogP contribution in [0.25, 0.3) is 0 Å². The molecule has 0 saturated heterocycles. The Morgan fingerprint density at radius 3 is 1.17 bits per heavy atom. The van der Waals surface area contributed by atoms with E-state index in [0.717, 1.165) is 89.9 Å². The lowest BCUT2D eigenvalue weighted by molar-refractivity contribution is -0.167. The number of carbonyl (C=O) groups is 3. The van der Waals surface area contributed by atoms with Crippen molar-refractivity contribution in [2.75, 3.05) is 13.2 Å². The van der Waals surface area contributed by atoms with Gasteiger partial charge >= 0.3 is 17.9 Å². The number of esters is 3. The molecule has 0 aromatic rings. The topological polar surface area (TPSA) is 78.9 Å². The van der Waals surface area contributed by atoms with Crippen LogP contribution >= 0.6 is 0 Å². The van der Waals surface area contributed by atoms with Crippen LogP contribution < -0.4 is 0 Å². The molecule has 0 amide bonds. The van der Waals surface area contributed by atoms with E-state index in [0.29, 0.717) is 19.3 Å². The van der Waals surface area contributed by atoms with Gasteiger partial charge in [-0.2, -0.15) is 0 Å². The summed E-state index contributed by atoms with van der Waals surface area (Å²) in [7, 11) is 0. The first-order chi connectivity index (χ1) is 26.5. The van der Waals surface area contributed by atoms with E-state index in [4.69, 9.17) is 14.2 Å². The molecule has 0 aromatic heterocycles. The molecule has 54 heavy (non-hydrogen) atoms. The molecular formula is C48H86O6. The van der Waals surface area contributed by atoms with Crippen molar-refractivity contribution in [2.24, 2.45) is 0 Å². The van der Waals surface area contributed by atoms with Gasteiger partial charge in [-0.15, -0.1) is 0 Å². The molecule has 6 nitrogen and oxygen atoms in total. The fourth-order valence-corrected chi connectivity index (χ4v) is 6.41. The number of unbranched alkanes of at least 4 members (excludes halogenated alkanes) is 24. The Labute approximate surface area is 334 Å². The minimum atomic E-state index is -0.773. The van der Waals surface area contributed by atoms with Crippen molar-refractivity contribution < 1.29 is 28.6 Å². The fraction of sp³-hybridized carbons (Fsp3) is 0.812. The molecule has 0 aliphatic carbocycles. The van der Waals surface area contributed by atoms with Gasteiger partial charge in [0.2, 0.25) is 0 Å². The molecule has 0 aromatic carbocycles. The predicted octanol–water partition coefficient (Wildman–Crippen LogP) is 14.6. The summed E-state index contributed by atoms with van der Waals surface area (Å²) in [6, 6.07) is 0. The Morgan fingerprint density at radius 2 is 0.722 bits per heavy atom. The highest BCUT2D eigenvalue weighted by Crippen LogP contribution is 2.14. The van der Waals surface area contributed by atoms with Gasteiger partial charge in [-0.3, -0.25) is 14.4 Å². The van der Waals surface area contributed by atoms with Crippen LogP contribution in [-0.4, -0.2) is 37.2 Å². The maximum Gasteiger partial charge on any atom is 0.306 e. The van der Waals surface area contributed by atoms with E-state index in [1.54, 1.807) is 0 Å². The van der Waals surface area contributed by atoms with E-state index >= 15 is 0 Å². The lowest BCUT2D eigenvalue weighted by Crippen LogP contribution is -2.30. The standard InChI is InChI=1S/C48H86O6/c1-4-7-10-13-16-19-22-24-25-27-29-32-35-38-41-47(50)53-44-45(43-52-46(49)40-37-34-31-28-21-18-15-12-9-6-3)54-48(51)42-39-36-33-30-26-23-20-17-14-11-8-5-2/h7,10,16-17,19-20,45H,4-6,8-9,11-15,18,21-44H2,1-3H3/b10-7-,19-16-,20-17-. The molecule has 0 fully saturated rings. The molecule has 6 heteroatoms. The summed E-state index contributed by atoms with van der Waals surface area (Å²) < 4.78 is 16.7. The Morgan fingerprint density at radius 1 is 0.389 bits per heavy atom. The Hall–Kier alpha value is -2.37. The number of carbonyl (C=O) groups excluding carboxylic acids is 3. The fourth-order valence-electron chi connectivity index (χ4n) is 6.41. The third-order valence-electron chi connectivity index (χ3n) is 9.88. The zero-order chi connectivity index (χ0) is 39.4. The summed E-state index contributed by atoms with van der Waals surface area (Å²) >= 11 is 0. The first-order valence-electron chi connectivity index (χ1n) is 23.0. The van der Waals surface area contributed by atoms with Gasteiger partial charge in [-0.1, -0.05) is 179 Å². The summed E-state index contributed by atoms with van der Waals surface area (Å²) in [6.07, 6.45) is 48.4. The van der Waals surface area contributed by atoms with Gasteiger partial charge in [-0.05, 0) is 70.6 Å². The van der Waals surface area contributed by atoms with Gasteiger partial charge < -0.3 is 14.2 Å². The van der Waals surface area contributed by atoms with Gasteiger partial charge in [0.1, 0.15) is 13.2 Å². The normalized spacial score (nSPS) is 12.3. The number of rotatable bonds is 41. The predicted molar refractivity (Wildman–Crippen MR) is 229 cm³/mol. The van der Waals surface area contributed by atoms with E-state index in [-0.39, 0.29) is 31.1 Å². The first kappa shape index (κ1) is 51.6. The van der Waals surface area contributed by atoms with E-state index < -0.39 is 6.10 Å². The van der Waals surface area contributed by atoms with Crippen LogP contribution in [-0.2, 0) is 28.6 Å². The lowest BCUT2D eigenvalue weighted by atomic mass is 10.1. The molecule has 0 aliphatic heterocycles. The second-order valence-corrected chi connectivity index (χ2v) is 15.3. The Bertz CT molecular complexity index is 922. The van der Waals surface area contributed by atoms with Crippen LogP contribution in [0.4, 0.5) is 0 Å². The van der Waals surface area contributed by atoms with E-state index in [9.17, 15) is 14.4 Å². The second kappa shape index (κ2) is 43.4. The molecule has 1 atom stereocenters. The zero-order valence-corrected chi connectivity index (χ0v) is 35.7. The third-order valence-corrected chi connectivity index (χ3v) is 9.88. The Kier molecular flexibility index (Phi) is 41.5. The van der Waals surface area contributed by atoms with Crippen LogP contribution in [0, 0.1) is 0 Å². The molecular weight excluding hydrogens is 673 g/mol. The average molecular weight is 759 g/mol. The maximum atomic E-state index is 12.7. The first-order valence-corrected chi connectivity index (χ1v) is 23.0. The quantitative estimate of drug-likeness (QED) is 0.0267. The van der Waals surface area contributed by atoms with Crippen molar-refractivity contribution in [3.05, 3.63) is 36.5 Å². The van der Waals surface area contributed by atoms with Crippen molar-refractivity contribution in [1.82, 2.24) is 0 Å². The molecule has 0 spiro atoms. The third kappa shape index (κ3) is 40.8.